The number of ether oxygens (including phenoxy) is 1. The van der Waals surface area contributed by atoms with E-state index in [1.165, 1.54) is 0 Å². The Labute approximate surface area is 407 Å². The van der Waals surface area contributed by atoms with E-state index in [1.807, 2.05) is 11.0 Å². The second-order valence-electron chi connectivity index (χ2n) is 20.0. The average Bonchev–Trinajstić information content (AvgIpc) is 3.95. The zero-order chi connectivity index (χ0) is 48.8. The van der Waals surface area contributed by atoms with Gasteiger partial charge in [0.1, 0.15) is 23.7 Å². The van der Waals surface area contributed by atoms with Gasteiger partial charge in [-0.2, -0.15) is 15.5 Å². The van der Waals surface area contributed by atoms with Gasteiger partial charge in [-0.05, 0) is 61.1 Å². The van der Waals surface area contributed by atoms with Crippen LogP contribution in [0.2, 0.25) is 5.02 Å². The summed E-state index contributed by atoms with van der Waals surface area (Å²) < 4.78 is 39.6. The smallest absolute Gasteiger partial charge is 0.264 e. The van der Waals surface area contributed by atoms with Gasteiger partial charge < -0.3 is 19.9 Å². The van der Waals surface area contributed by atoms with Gasteiger partial charge in [0, 0.05) is 129 Å². The zero-order valence-electron chi connectivity index (χ0n) is 40.0. The summed E-state index contributed by atoms with van der Waals surface area (Å²) in [6.07, 6.45) is 8.86. The fourth-order valence-corrected chi connectivity index (χ4v) is 11.5. The number of hydrogen-bond acceptors (Lipinski definition) is 10. The standard InChI is InChI=1S/C52H58ClF2N11O3/c1-32(67)64-22-17-43-41(31-64)47(65-19-10-11-33-23-39(36-29-59-62(6)30-36)40(46(54)55)25-44(33)65)61-66(43)37-15-20-63(21-16-37)18-9-7-8-12-45-57-27-35(28-58-45)48(68)60-49-51(2,3)50(52(49,4)5)69-38-14-13-34(26-56)42(53)24-38/h13-14,23-25,27-30,37,46,49-50H,8,10-12,15-22,31H2,1-6H3,(H,60,68). The number of nitrogens with one attached hydrogen (secondary N) is 1. The third-order valence-electron chi connectivity index (χ3n) is 14.6. The fourth-order valence-electron chi connectivity index (χ4n) is 11.2. The molecule has 0 atom stereocenters. The van der Waals surface area contributed by atoms with E-state index in [0.29, 0.717) is 84.3 Å². The van der Waals surface area contributed by atoms with Crippen LogP contribution in [0.5, 0.6) is 5.75 Å². The van der Waals surface area contributed by atoms with Crippen LogP contribution in [0.3, 0.4) is 0 Å². The van der Waals surface area contributed by atoms with Crippen LogP contribution >= 0.6 is 11.6 Å². The second kappa shape index (κ2) is 19.2. The van der Waals surface area contributed by atoms with Crippen LogP contribution in [0, 0.1) is 34.0 Å². The van der Waals surface area contributed by atoms with Crippen molar-refractivity contribution in [2.45, 2.75) is 111 Å². The predicted octanol–water partition coefficient (Wildman–Crippen LogP) is 8.41. The lowest BCUT2D eigenvalue weighted by Gasteiger charge is -2.63. The third kappa shape index (κ3) is 9.41. The quantitative estimate of drug-likeness (QED) is 0.128. The van der Waals surface area contributed by atoms with Crippen LogP contribution < -0.4 is 15.0 Å². The van der Waals surface area contributed by atoms with Gasteiger partial charge in [-0.1, -0.05) is 45.2 Å². The summed E-state index contributed by atoms with van der Waals surface area (Å²) in [6, 6.07) is 10.6. The van der Waals surface area contributed by atoms with E-state index in [9.17, 15) is 23.6 Å². The van der Waals surface area contributed by atoms with Crippen LogP contribution in [0.15, 0.2) is 55.1 Å². The normalized spacial score (nSPS) is 19.7. The first kappa shape index (κ1) is 47.7. The first-order valence-electron chi connectivity index (χ1n) is 23.8. The number of amides is 2. The summed E-state index contributed by atoms with van der Waals surface area (Å²) in [4.78, 5) is 41.3. The Hall–Kier alpha value is -6.36. The molecule has 17 heteroatoms. The molecule has 0 unspecified atom stereocenters. The highest BCUT2D eigenvalue weighted by Crippen LogP contribution is 2.56. The number of aromatic nitrogens is 6. The van der Waals surface area contributed by atoms with Gasteiger partial charge in [-0.25, -0.2) is 18.7 Å². The first-order chi connectivity index (χ1) is 33.0. The molecule has 9 rings (SSSR count). The highest BCUT2D eigenvalue weighted by atomic mass is 35.5. The number of carbonyl (C=O) groups excluding carboxylic acids is 2. The van der Waals surface area contributed by atoms with Gasteiger partial charge in [0.2, 0.25) is 5.91 Å². The predicted molar refractivity (Wildman–Crippen MR) is 258 cm³/mol. The molecule has 2 amide bonds. The van der Waals surface area contributed by atoms with Crippen molar-refractivity contribution < 1.29 is 23.1 Å². The minimum absolute atomic E-state index is 0.00745. The SMILES string of the molecule is CC(=O)N1CCc2c(c(N3CCCc4cc(-c5cnn(C)c5)c(C(F)F)cc43)nn2C2CCN(CC#CCCc3ncc(C(=O)NC4C(C)(C)C(Oc5ccc(C#N)c(Cl)c5)C4(C)C)cn3)CC2)C1. The number of nitrogens with zero attached hydrogens (tertiary/aromatic N) is 10. The van der Waals surface area contributed by atoms with Crippen molar-refractivity contribution in [1.29, 1.82) is 5.26 Å². The minimum Gasteiger partial charge on any atom is -0.489 e. The molecule has 0 spiro atoms. The molecule has 0 radical (unpaired) electrons. The van der Waals surface area contributed by atoms with Crippen LogP contribution in [0.25, 0.3) is 11.1 Å². The lowest BCUT2D eigenvalue weighted by Crippen LogP contribution is -2.74. The Morgan fingerprint density at radius 1 is 1.00 bits per heavy atom. The lowest BCUT2D eigenvalue weighted by molar-refractivity contribution is -0.164. The number of rotatable bonds is 11. The van der Waals surface area contributed by atoms with Gasteiger partial charge in [-0.3, -0.25) is 23.9 Å². The molecule has 4 aliphatic rings. The number of fused-ring (bicyclic) bond motifs is 2. The van der Waals surface area contributed by atoms with Crippen molar-refractivity contribution in [1.82, 2.24) is 44.6 Å². The molecule has 1 saturated carbocycles. The summed E-state index contributed by atoms with van der Waals surface area (Å²) in [7, 11) is 1.78. The number of nitriles is 1. The number of carbonyl (C=O) groups is 2. The number of alkyl halides is 2. The van der Waals surface area contributed by atoms with E-state index in [0.717, 1.165) is 67.1 Å². The molecule has 1 N–H and O–H groups in total. The summed E-state index contributed by atoms with van der Waals surface area (Å²) in [5.41, 5.74) is 4.99. The minimum atomic E-state index is -2.67. The topological polar surface area (TPSA) is 150 Å². The van der Waals surface area contributed by atoms with Crippen LogP contribution in [0.1, 0.15) is 117 Å². The van der Waals surface area contributed by atoms with E-state index in [1.54, 1.807) is 67.7 Å². The molecule has 1 saturated heterocycles. The monoisotopic (exact) mass is 957 g/mol. The Bertz CT molecular complexity index is 2850. The van der Waals surface area contributed by atoms with E-state index in [4.69, 9.17) is 21.4 Å². The van der Waals surface area contributed by atoms with E-state index < -0.39 is 17.3 Å². The van der Waals surface area contributed by atoms with Crippen LogP contribution in [-0.4, -0.2) is 96.0 Å². The van der Waals surface area contributed by atoms with E-state index in [2.05, 4.69) is 80.5 Å². The molecular formula is C52H58ClF2N11O3. The lowest BCUT2D eigenvalue weighted by atomic mass is 9.49. The number of piperidine rings is 1. The van der Waals surface area contributed by atoms with Crippen LogP contribution in [-0.2, 0) is 37.6 Å². The Morgan fingerprint density at radius 3 is 2.42 bits per heavy atom. The summed E-state index contributed by atoms with van der Waals surface area (Å²) >= 11 is 6.25. The summed E-state index contributed by atoms with van der Waals surface area (Å²) in [6.45, 7) is 13.9. The second-order valence-corrected chi connectivity index (χ2v) is 20.4. The average molecular weight is 959 g/mol. The number of hydrogen-bond donors (Lipinski definition) is 1. The number of benzene rings is 2. The molecule has 2 aromatic carbocycles. The number of anilines is 2. The molecule has 69 heavy (non-hydrogen) atoms. The molecule has 1 aliphatic carbocycles. The first-order valence-corrected chi connectivity index (χ1v) is 24.1. The van der Waals surface area contributed by atoms with Crippen molar-refractivity contribution in [3.63, 3.8) is 0 Å². The molecule has 14 nitrogen and oxygen atoms in total. The maximum atomic E-state index is 14.7. The largest absolute Gasteiger partial charge is 0.489 e. The molecule has 3 aromatic heterocycles. The molecule has 6 heterocycles. The van der Waals surface area contributed by atoms with Crippen molar-refractivity contribution >= 4 is 34.9 Å². The van der Waals surface area contributed by atoms with E-state index in [-0.39, 0.29) is 35.6 Å². The molecule has 360 valence electrons. The Kier molecular flexibility index (Phi) is 13.3. The Morgan fingerprint density at radius 2 is 1.75 bits per heavy atom. The van der Waals surface area contributed by atoms with Crippen molar-refractivity contribution in [3.8, 4) is 34.8 Å². The third-order valence-corrected chi connectivity index (χ3v) is 14.9. The van der Waals surface area contributed by atoms with Gasteiger partial charge in [0.15, 0.2) is 5.82 Å². The number of halogens is 3. The Balaban J connectivity index is 0.793. The van der Waals surface area contributed by atoms with Gasteiger partial charge in [0.05, 0.1) is 41.5 Å². The van der Waals surface area contributed by atoms with Gasteiger partial charge in [0.25, 0.3) is 12.3 Å². The van der Waals surface area contributed by atoms with E-state index >= 15 is 0 Å². The van der Waals surface area contributed by atoms with Gasteiger partial charge >= 0.3 is 0 Å². The summed E-state index contributed by atoms with van der Waals surface area (Å²) in [5, 5.41) is 22.3. The molecule has 2 fully saturated rings. The molecule has 5 aromatic rings. The molecule has 0 bridgehead atoms. The van der Waals surface area contributed by atoms with Crippen molar-refractivity contribution in [2.24, 2.45) is 17.9 Å². The highest BCUT2D eigenvalue weighted by Gasteiger charge is 2.64. The molecule has 3 aliphatic heterocycles. The highest BCUT2D eigenvalue weighted by molar-refractivity contribution is 6.31. The van der Waals surface area contributed by atoms with Crippen LogP contribution in [0.4, 0.5) is 20.3 Å². The van der Waals surface area contributed by atoms with Gasteiger partial charge in [-0.15, -0.1) is 5.92 Å². The van der Waals surface area contributed by atoms with Crippen molar-refractivity contribution in [3.05, 3.63) is 99.5 Å². The molecular weight excluding hydrogens is 900 g/mol. The maximum absolute atomic E-state index is 14.7. The zero-order valence-corrected chi connectivity index (χ0v) is 40.8. The number of aryl methyl sites for hydroxylation is 3. The fraction of sp³-hybridized carbons (Fsp3) is 0.481. The van der Waals surface area contributed by atoms with Crippen molar-refractivity contribution in [2.75, 3.05) is 37.6 Å². The number of likely N-dealkylation sites (tertiary alicyclic amines) is 1. The summed E-state index contributed by atoms with van der Waals surface area (Å²) in [5.74, 6) is 8.33. The maximum Gasteiger partial charge on any atom is 0.264 e.